The van der Waals surface area contributed by atoms with E-state index in [2.05, 4.69) is 27.8 Å². The monoisotopic (exact) mass is 386 g/mol. The van der Waals surface area contributed by atoms with Crippen LogP contribution in [0.15, 0.2) is 6.07 Å². The van der Waals surface area contributed by atoms with Crippen molar-refractivity contribution in [1.82, 2.24) is 14.9 Å². The lowest BCUT2D eigenvalue weighted by Gasteiger charge is -2.48. The Balaban J connectivity index is 1.39. The summed E-state index contributed by atoms with van der Waals surface area (Å²) in [5, 5.41) is 0. The number of hydrogen-bond donors (Lipinski definition) is 0. The number of aryl methyl sites for hydroxylation is 2. The Morgan fingerprint density at radius 1 is 1.25 bits per heavy atom. The SMILES string of the molecule is CCCc1cc(N2CCC3(CCC(=O)N(C[C@H]4CCCO4)C3)CC2)nc(C)n1. The van der Waals surface area contributed by atoms with Crippen LogP contribution in [-0.4, -0.2) is 59.7 Å². The molecule has 0 bridgehead atoms. The first-order valence-electron chi connectivity index (χ1n) is 11.1. The topological polar surface area (TPSA) is 58.6 Å². The Hall–Kier alpha value is -1.69. The molecule has 6 heteroatoms. The van der Waals surface area contributed by atoms with Crippen molar-refractivity contribution >= 4 is 11.7 Å². The van der Waals surface area contributed by atoms with Crippen molar-refractivity contribution in [1.29, 1.82) is 0 Å². The molecular formula is C22H34N4O2. The molecular weight excluding hydrogens is 352 g/mol. The number of piperidine rings is 2. The minimum absolute atomic E-state index is 0.250. The number of amides is 1. The van der Waals surface area contributed by atoms with Gasteiger partial charge in [-0.1, -0.05) is 13.3 Å². The van der Waals surface area contributed by atoms with Crippen LogP contribution in [0.1, 0.15) is 63.4 Å². The van der Waals surface area contributed by atoms with Crippen LogP contribution in [0.25, 0.3) is 0 Å². The number of carbonyl (C=O) groups excluding carboxylic acids is 1. The standard InChI is InChI=1S/C22H34N4O2/c1-3-5-18-14-20(24-17(2)23-18)25-11-9-22(10-12-25)8-7-21(27)26(16-22)15-19-6-4-13-28-19/h14,19H,3-13,15-16H2,1-2H3/t19-/m1/s1. The maximum absolute atomic E-state index is 12.5. The van der Waals surface area contributed by atoms with Gasteiger partial charge in [0.2, 0.25) is 5.91 Å². The quantitative estimate of drug-likeness (QED) is 0.778. The molecule has 1 aromatic rings. The predicted molar refractivity (Wildman–Crippen MR) is 109 cm³/mol. The number of ether oxygens (including phenoxy) is 1. The normalized spacial score (nSPS) is 24.9. The third-order valence-corrected chi connectivity index (χ3v) is 6.73. The fraction of sp³-hybridized carbons (Fsp3) is 0.773. The van der Waals surface area contributed by atoms with Crippen LogP contribution < -0.4 is 4.90 Å². The number of rotatable bonds is 5. The van der Waals surface area contributed by atoms with E-state index in [1.807, 2.05) is 6.92 Å². The Morgan fingerprint density at radius 2 is 2.07 bits per heavy atom. The third-order valence-electron chi connectivity index (χ3n) is 6.73. The number of hydrogen-bond acceptors (Lipinski definition) is 5. The molecule has 1 spiro atoms. The molecule has 0 N–H and O–H groups in total. The molecule has 1 atom stereocenters. The molecule has 4 heterocycles. The van der Waals surface area contributed by atoms with E-state index in [0.29, 0.717) is 12.3 Å². The third kappa shape index (κ3) is 4.32. The molecule has 0 saturated carbocycles. The van der Waals surface area contributed by atoms with Crippen molar-refractivity contribution in [3.63, 3.8) is 0 Å². The minimum Gasteiger partial charge on any atom is -0.376 e. The van der Waals surface area contributed by atoms with Gasteiger partial charge in [-0.25, -0.2) is 9.97 Å². The van der Waals surface area contributed by atoms with Gasteiger partial charge in [0.05, 0.1) is 6.10 Å². The predicted octanol–water partition coefficient (Wildman–Crippen LogP) is 3.13. The van der Waals surface area contributed by atoms with Gasteiger partial charge in [0.15, 0.2) is 0 Å². The van der Waals surface area contributed by atoms with Crippen molar-refractivity contribution in [2.24, 2.45) is 5.41 Å². The summed E-state index contributed by atoms with van der Waals surface area (Å²) in [6, 6.07) is 2.17. The highest BCUT2D eigenvalue weighted by Gasteiger charge is 2.41. The number of aromatic nitrogens is 2. The number of likely N-dealkylation sites (tertiary alicyclic amines) is 1. The average Bonchev–Trinajstić information content (AvgIpc) is 3.18. The summed E-state index contributed by atoms with van der Waals surface area (Å²) in [4.78, 5) is 26.3. The molecule has 3 aliphatic rings. The number of nitrogens with zero attached hydrogens (tertiary/aromatic N) is 4. The minimum atomic E-state index is 0.250. The first-order valence-corrected chi connectivity index (χ1v) is 11.1. The van der Waals surface area contributed by atoms with Crippen molar-refractivity contribution in [2.75, 3.05) is 37.7 Å². The van der Waals surface area contributed by atoms with Crippen LogP contribution in [-0.2, 0) is 16.0 Å². The van der Waals surface area contributed by atoms with Crippen LogP contribution in [0.2, 0.25) is 0 Å². The molecule has 0 radical (unpaired) electrons. The van der Waals surface area contributed by atoms with Crippen LogP contribution in [0, 0.1) is 12.3 Å². The molecule has 3 saturated heterocycles. The molecule has 0 aliphatic carbocycles. The lowest BCUT2D eigenvalue weighted by atomic mass is 9.72. The van der Waals surface area contributed by atoms with Crippen LogP contribution in [0.3, 0.4) is 0 Å². The van der Waals surface area contributed by atoms with Gasteiger partial charge in [0, 0.05) is 51.0 Å². The van der Waals surface area contributed by atoms with Gasteiger partial charge >= 0.3 is 0 Å². The first-order chi connectivity index (χ1) is 13.6. The largest absolute Gasteiger partial charge is 0.376 e. The number of anilines is 1. The van der Waals surface area contributed by atoms with Gasteiger partial charge in [-0.2, -0.15) is 0 Å². The fourth-order valence-electron chi connectivity index (χ4n) is 5.08. The zero-order valence-electron chi connectivity index (χ0n) is 17.5. The van der Waals surface area contributed by atoms with Gasteiger partial charge in [-0.3, -0.25) is 4.79 Å². The maximum Gasteiger partial charge on any atom is 0.222 e. The molecule has 1 aromatic heterocycles. The van der Waals surface area contributed by atoms with E-state index in [1.54, 1.807) is 0 Å². The Kier molecular flexibility index (Phi) is 5.85. The second-order valence-electron chi connectivity index (χ2n) is 8.91. The summed E-state index contributed by atoms with van der Waals surface area (Å²) in [5.41, 5.74) is 1.42. The van der Waals surface area contributed by atoms with E-state index in [9.17, 15) is 4.79 Å². The molecule has 3 fully saturated rings. The van der Waals surface area contributed by atoms with Crippen LogP contribution in [0.5, 0.6) is 0 Å². The van der Waals surface area contributed by atoms with E-state index < -0.39 is 0 Å². The lowest BCUT2D eigenvalue weighted by Crippen LogP contribution is -2.53. The Bertz CT molecular complexity index is 694. The molecule has 1 amide bonds. The summed E-state index contributed by atoms with van der Waals surface area (Å²) in [6.07, 6.45) is 8.58. The van der Waals surface area contributed by atoms with E-state index in [0.717, 1.165) is 95.1 Å². The van der Waals surface area contributed by atoms with Gasteiger partial charge in [0.25, 0.3) is 0 Å². The van der Waals surface area contributed by atoms with Crippen molar-refractivity contribution in [3.8, 4) is 0 Å². The smallest absolute Gasteiger partial charge is 0.222 e. The molecule has 6 nitrogen and oxygen atoms in total. The van der Waals surface area contributed by atoms with Crippen molar-refractivity contribution in [2.45, 2.75) is 71.3 Å². The average molecular weight is 387 g/mol. The van der Waals surface area contributed by atoms with Gasteiger partial charge in [-0.15, -0.1) is 0 Å². The summed E-state index contributed by atoms with van der Waals surface area (Å²) < 4.78 is 5.78. The van der Waals surface area contributed by atoms with Crippen molar-refractivity contribution < 1.29 is 9.53 Å². The first kappa shape index (κ1) is 19.6. The molecule has 0 aromatic carbocycles. The second-order valence-corrected chi connectivity index (χ2v) is 8.91. The second kappa shape index (κ2) is 8.36. The Morgan fingerprint density at radius 3 is 2.79 bits per heavy atom. The highest BCUT2D eigenvalue weighted by Crippen LogP contribution is 2.41. The summed E-state index contributed by atoms with van der Waals surface area (Å²) in [6.45, 7) is 8.76. The van der Waals surface area contributed by atoms with Gasteiger partial charge in [-0.05, 0) is 50.9 Å². The van der Waals surface area contributed by atoms with E-state index >= 15 is 0 Å². The lowest BCUT2D eigenvalue weighted by molar-refractivity contribution is -0.140. The Labute approximate surface area is 168 Å². The fourth-order valence-corrected chi connectivity index (χ4v) is 5.08. The van der Waals surface area contributed by atoms with Gasteiger partial charge < -0.3 is 14.5 Å². The zero-order valence-corrected chi connectivity index (χ0v) is 17.5. The van der Waals surface area contributed by atoms with E-state index in [1.165, 1.54) is 0 Å². The molecule has 28 heavy (non-hydrogen) atoms. The highest BCUT2D eigenvalue weighted by molar-refractivity contribution is 5.77. The molecule has 4 rings (SSSR count). The summed E-state index contributed by atoms with van der Waals surface area (Å²) in [5.74, 6) is 2.26. The number of carbonyl (C=O) groups is 1. The van der Waals surface area contributed by atoms with Crippen molar-refractivity contribution in [3.05, 3.63) is 17.6 Å². The molecule has 154 valence electrons. The van der Waals surface area contributed by atoms with Crippen LogP contribution in [0.4, 0.5) is 5.82 Å². The van der Waals surface area contributed by atoms with Gasteiger partial charge in [0.1, 0.15) is 11.6 Å². The van der Waals surface area contributed by atoms with E-state index in [-0.39, 0.29) is 11.5 Å². The van der Waals surface area contributed by atoms with Crippen LogP contribution >= 0.6 is 0 Å². The highest BCUT2D eigenvalue weighted by atomic mass is 16.5. The molecule has 3 aliphatic heterocycles. The van der Waals surface area contributed by atoms with E-state index in [4.69, 9.17) is 9.72 Å². The zero-order chi connectivity index (χ0) is 19.6. The molecule has 0 unspecified atom stereocenters. The maximum atomic E-state index is 12.5. The summed E-state index contributed by atoms with van der Waals surface area (Å²) in [7, 11) is 0. The summed E-state index contributed by atoms with van der Waals surface area (Å²) >= 11 is 0.